The molecule has 1 rings (SSSR count). The van der Waals surface area contributed by atoms with Gasteiger partial charge in [0.1, 0.15) is 10.6 Å². The van der Waals surface area contributed by atoms with Crippen LogP contribution >= 0.6 is 0 Å². The number of hydrogen-bond acceptors (Lipinski definition) is 3. The lowest BCUT2D eigenvalue weighted by molar-refractivity contribution is 0.416. The summed E-state index contributed by atoms with van der Waals surface area (Å²) < 4.78 is 25.6. The number of benzene rings is 1. The van der Waals surface area contributed by atoms with Crippen LogP contribution in [0.25, 0.3) is 0 Å². The second kappa shape index (κ2) is 5.32. The van der Waals surface area contributed by atoms with Crippen LogP contribution in [0.1, 0.15) is 20.3 Å². The zero-order valence-electron chi connectivity index (χ0n) is 9.55. The predicted molar refractivity (Wildman–Crippen MR) is 62.8 cm³/mol. The van der Waals surface area contributed by atoms with E-state index in [0.717, 1.165) is 6.42 Å². The molecule has 0 spiro atoms. The number of sulfonamides is 1. The van der Waals surface area contributed by atoms with E-state index in [-0.39, 0.29) is 10.6 Å². The van der Waals surface area contributed by atoms with E-state index in [4.69, 9.17) is 0 Å². The van der Waals surface area contributed by atoms with Crippen molar-refractivity contribution in [2.45, 2.75) is 25.2 Å². The summed E-state index contributed by atoms with van der Waals surface area (Å²) in [6.07, 6.45) is 0.751. The maximum atomic E-state index is 12.1. The van der Waals surface area contributed by atoms with E-state index in [2.05, 4.69) is 0 Å². The second-order valence-electron chi connectivity index (χ2n) is 3.46. The Balaban J connectivity index is 3.15. The van der Waals surface area contributed by atoms with Gasteiger partial charge in [-0.25, -0.2) is 8.42 Å². The largest absolute Gasteiger partial charge is 0.507 e. The van der Waals surface area contributed by atoms with Gasteiger partial charge in [-0.3, -0.25) is 0 Å². The Morgan fingerprint density at radius 1 is 1.25 bits per heavy atom. The number of rotatable bonds is 5. The number of hydrogen-bond donors (Lipinski definition) is 1. The number of phenols is 1. The number of phenolic OH excluding ortho intramolecular Hbond substituents is 1. The first-order chi connectivity index (χ1) is 7.54. The molecule has 1 aromatic rings. The summed E-state index contributed by atoms with van der Waals surface area (Å²) in [5.41, 5.74) is 0. The third kappa shape index (κ3) is 2.54. The molecule has 1 N–H and O–H groups in total. The first kappa shape index (κ1) is 13.0. The zero-order valence-corrected chi connectivity index (χ0v) is 10.4. The van der Waals surface area contributed by atoms with Crippen LogP contribution in [0.4, 0.5) is 0 Å². The van der Waals surface area contributed by atoms with E-state index < -0.39 is 10.0 Å². The molecular formula is C11H17NO3S. The quantitative estimate of drug-likeness (QED) is 0.858. The van der Waals surface area contributed by atoms with Crippen LogP contribution in [-0.2, 0) is 10.0 Å². The summed E-state index contributed by atoms with van der Waals surface area (Å²) in [4.78, 5) is -0.0229. The lowest BCUT2D eigenvalue weighted by Crippen LogP contribution is -2.31. The molecule has 0 aliphatic carbocycles. The van der Waals surface area contributed by atoms with E-state index in [0.29, 0.717) is 13.1 Å². The summed E-state index contributed by atoms with van der Waals surface area (Å²) in [5.74, 6) is -0.197. The Morgan fingerprint density at radius 2 is 1.88 bits per heavy atom. The van der Waals surface area contributed by atoms with Gasteiger partial charge in [0.2, 0.25) is 10.0 Å². The van der Waals surface area contributed by atoms with Gasteiger partial charge in [-0.05, 0) is 18.6 Å². The summed E-state index contributed by atoms with van der Waals surface area (Å²) in [5, 5.41) is 9.55. The molecule has 0 aliphatic rings. The maximum Gasteiger partial charge on any atom is 0.246 e. The third-order valence-corrected chi connectivity index (χ3v) is 4.33. The average Bonchev–Trinajstić information content (AvgIpc) is 2.26. The van der Waals surface area contributed by atoms with E-state index in [9.17, 15) is 13.5 Å². The smallest absolute Gasteiger partial charge is 0.246 e. The van der Waals surface area contributed by atoms with Crippen molar-refractivity contribution in [2.75, 3.05) is 13.1 Å². The van der Waals surface area contributed by atoms with Crippen molar-refractivity contribution in [3.05, 3.63) is 24.3 Å². The topological polar surface area (TPSA) is 57.6 Å². The standard InChI is InChI=1S/C11H17NO3S/c1-3-9-12(4-2)16(14,15)11-8-6-5-7-10(11)13/h5-8,13H,3-4,9H2,1-2H3. The molecule has 0 bridgehead atoms. The van der Waals surface area contributed by atoms with E-state index in [1.165, 1.54) is 16.4 Å². The van der Waals surface area contributed by atoms with Gasteiger partial charge in [0.25, 0.3) is 0 Å². The van der Waals surface area contributed by atoms with Crippen LogP contribution < -0.4 is 0 Å². The van der Waals surface area contributed by atoms with Gasteiger partial charge < -0.3 is 5.11 Å². The van der Waals surface area contributed by atoms with Gasteiger partial charge in [-0.1, -0.05) is 26.0 Å². The molecule has 5 heteroatoms. The van der Waals surface area contributed by atoms with Crippen LogP contribution in [0.3, 0.4) is 0 Å². The van der Waals surface area contributed by atoms with Crippen LogP contribution in [0.15, 0.2) is 29.2 Å². The molecular weight excluding hydrogens is 226 g/mol. The molecule has 0 heterocycles. The van der Waals surface area contributed by atoms with Crippen molar-refractivity contribution in [3.63, 3.8) is 0 Å². The van der Waals surface area contributed by atoms with Gasteiger partial charge in [0.15, 0.2) is 0 Å². The van der Waals surface area contributed by atoms with Gasteiger partial charge >= 0.3 is 0 Å². The molecule has 0 aromatic heterocycles. The minimum Gasteiger partial charge on any atom is -0.507 e. The van der Waals surface area contributed by atoms with Crippen molar-refractivity contribution >= 4 is 10.0 Å². The summed E-state index contributed by atoms with van der Waals surface area (Å²) in [6, 6.07) is 6.01. The van der Waals surface area contributed by atoms with Gasteiger partial charge in [-0.15, -0.1) is 0 Å². The molecule has 0 saturated carbocycles. The van der Waals surface area contributed by atoms with Crippen LogP contribution in [0.5, 0.6) is 5.75 Å². The summed E-state index contributed by atoms with van der Waals surface area (Å²) in [7, 11) is -3.56. The van der Waals surface area contributed by atoms with Crippen LogP contribution in [-0.4, -0.2) is 30.9 Å². The molecule has 1 aromatic carbocycles. The fourth-order valence-corrected chi connectivity index (χ4v) is 3.14. The van der Waals surface area contributed by atoms with E-state index in [1.54, 1.807) is 19.1 Å². The van der Waals surface area contributed by atoms with Crippen molar-refractivity contribution < 1.29 is 13.5 Å². The normalized spacial score (nSPS) is 11.9. The first-order valence-electron chi connectivity index (χ1n) is 5.32. The molecule has 4 nitrogen and oxygen atoms in total. The van der Waals surface area contributed by atoms with Gasteiger partial charge in [0.05, 0.1) is 0 Å². The van der Waals surface area contributed by atoms with Crippen molar-refractivity contribution in [2.24, 2.45) is 0 Å². The molecule has 0 radical (unpaired) electrons. The molecule has 0 fully saturated rings. The Bertz CT molecular complexity index is 442. The monoisotopic (exact) mass is 243 g/mol. The fraction of sp³-hybridized carbons (Fsp3) is 0.455. The number of aromatic hydroxyl groups is 1. The van der Waals surface area contributed by atoms with E-state index in [1.807, 2.05) is 6.92 Å². The predicted octanol–water partition coefficient (Wildman–Crippen LogP) is 1.81. The minimum absolute atomic E-state index is 0.0229. The molecule has 16 heavy (non-hydrogen) atoms. The third-order valence-electron chi connectivity index (χ3n) is 2.31. The average molecular weight is 243 g/mol. The highest BCUT2D eigenvalue weighted by molar-refractivity contribution is 7.89. The molecule has 0 amide bonds. The Kier molecular flexibility index (Phi) is 4.32. The number of nitrogens with zero attached hydrogens (tertiary/aromatic N) is 1. The molecule has 90 valence electrons. The summed E-state index contributed by atoms with van der Waals surface area (Å²) in [6.45, 7) is 4.58. The van der Waals surface area contributed by atoms with E-state index >= 15 is 0 Å². The Labute approximate surface area is 96.6 Å². The van der Waals surface area contributed by atoms with Crippen LogP contribution in [0, 0.1) is 0 Å². The second-order valence-corrected chi connectivity index (χ2v) is 5.37. The van der Waals surface area contributed by atoms with Gasteiger partial charge in [-0.2, -0.15) is 4.31 Å². The molecule has 0 unspecified atom stereocenters. The van der Waals surface area contributed by atoms with Crippen molar-refractivity contribution in [1.82, 2.24) is 4.31 Å². The SMILES string of the molecule is CCCN(CC)S(=O)(=O)c1ccccc1O. The maximum absolute atomic E-state index is 12.1. The molecule has 0 aliphatic heterocycles. The lowest BCUT2D eigenvalue weighted by Gasteiger charge is -2.20. The first-order valence-corrected chi connectivity index (χ1v) is 6.76. The molecule has 0 saturated heterocycles. The number of para-hydroxylation sites is 1. The Morgan fingerprint density at radius 3 is 2.38 bits per heavy atom. The highest BCUT2D eigenvalue weighted by Gasteiger charge is 2.24. The van der Waals surface area contributed by atoms with Gasteiger partial charge in [0, 0.05) is 13.1 Å². The van der Waals surface area contributed by atoms with Crippen molar-refractivity contribution in [3.8, 4) is 5.75 Å². The summed E-state index contributed by atoms with van der Waals surface area (Å²) >= 11 is 0. The zero-order chi connectivity index (χ0) is 12.2. The highest BCUT2D eigenvalue weighted by Crippen LogP contribution is 2.24. The highest BCUT2D eigenvalue weighted by atomic mass is 32.2. The molecule has 0 atom stereocenters. The Hall–Kier alpha value is -1.07. The van der Waals surface area contributed by atoms with Crippen molar-refractivity contribution in [1.29, 1.82) is 0 Å². The minimum atomic E-state index is -3.56. The van der Waals surface area contributed by atoms with Crippen LogP contribution in [0.2, 0.25) is 0 Å². The fourth-order valence-electron chi connectivity index (χ4n) is 1.51. The lowest BCUT2D eigenvalue weighted by atomic mass is 10.3.